The molecule has 1 aliphatic carbocycles. The zero-order valence-electron chi connectivity index (χ0n) is 12.1. The number of nitro benzene ring substituents is 1. The minimum atomic E-state index is -0.862. The predicted octanol–water partition coefficient (Wildman–Crippen LogP) is 2.84. The van der Waals surface area contributed by atoms with E-state index in [2.05, 4.69) is 0 Å². The van der Waals surface area contributed by atoms with Gasteiger partial charge in [0.2, 0.25) is 0 Å². The number of rotatable bonds is 8. The molecule has 0 amide bonds. The van der Waals surface area contributed by atoms with Gasteiger partial charge in [-0.15, -0.1) is 0 Å². The fourth-order valence-electron chi connectivity index (χ4n) is 2.66. The standard InChI is InChI=1S/C15H20N2O4/c1-2-14(12-4-3-5-13(8-12)17(20)21)16(10-15(18)19)9-11-6-7-11/h3-5,8,11,14H,2,6-7,9-10H2,1H3,(H,18,19). The minimum Gasteiger partial charge on any atom is -0.480 e. The van der Waals surface area contributed by atoms with Crippen molar-refractivity contribution in [1.82, 2.24) is 4.90 Å². The van der Waals surface area contributed by atoms with Gasteiger partial charge >= 0.3 is 5.97 Å². The highest BCUT2D eigenvalue weighted by Gasteiger charge is 2.29. The van der Waals surface area contributed by atoms with E-state index in [1.165, 1.54) is 6.07 Å². The Morgan fingerprint density at radius 3 is 2.76 bits per heavy atom. The van der Waals surface area contributed by atoms with Crippen LogP contribution in [0.3, 0.4) is 0 Å². The summed E-state index contributed by atoms with van der Waals surface area (Å²) in [7, 11) is 0. The molecule has 1 aliphatic rings. The summed E-state index contributed by atoms with van der Waals surface area (Å²) in [4.78, 5) is 23.5. The summed E-state index contributed by atoms with van der Waals surface area (Å²) in [6, 6.07) is 6.41. The highest BCUT2D eigenvalue weighted by molar-refractivity contribution is 5.69. The Labute approximate surface area is 123 Å². The number of hydrogen-bond donors (Lipinski definition) is 1. The van der Waals surface area contributed by atoms with Crippen LogP contribution in [0.1, 0.15) is 37.8 Å². The number of benzene rings is 1. The third kappa shape index (κ3) is 4.26. The van der Waals surface area contributed by atoms with Crippen LogP contribution in [-0.2, 0) is 4.79 Å². The van der Waals surface area contributed by atoms with Crippen molar-refractivity contribution in [2.75, 3.05) is 13.1 Å². The number of non-ortho nitro benzene ring substituents is 1. The number of aliphatic carboxylic acids is 1. The van der Waals surface area contributed by atoms with E-state index in [1.54, 1.807) is 12.1 Å². The lowest BCUT2D eigenvalue weighted by Gasteiger charge is -2.30. The van der Waals surface area contributed by atoms with E-state index in [-0.39, 0.29) is 18.3 Å². The summed E-state index contributed by atoms with van der Waals surface area (Å²) in [5, 5.41) is 20.0. The van der Waals surface area contributed by atoms with Crippen molar-refractivity contribution in [1.29, 1.82) is 0 Å². The summed E-state index contributed by atoms with van der Waals surface area (Å²) < 4.78 is 0. The highest BCUT2D eigenvalue weighted by atomic mass is 16.6. The summed E-state index contributed by atoms with van der Waals surface area (Å²) in [6.07, 6.45) is 3.00. The number of hydrogen-bond acceptors (Lipinski definition) is 4. The molecule has 0 aromatic heterocycles. The molecule has 1 unspecified atom stereocenters. The van der Waals surface area contributed by atoms with Gasteiger partial charge in [0.15, 0.2) is 0 Å². The lowest BCUT2D eigenvalue weighted by atomic mass is 10.0. The smallest absolute Gasteiger partial charge is 0.317 e. The minimum absolute atomic E-state index is 0.0301. The van der Waals surface area contributed by atoms with Crippen LogP contribution >= 0.6 is 0 Å². The second-order valence-corrected chi connectivity index (χ2v) is 5.54. The first-order chi connectivity index (χ1) is 10.0. The summed E-state index contributed by atoms with van der Waals surface area (Å²) >= 11 is 0. The summed E-state index contributed by atoms with van der Waals surface area (Å²) in [5.41, 5.74) is 0.862. The number of carbonyl (C=O) groups is 1. The van der Waals surface area contributed by atoms with Gasteiger partial charge in [-0.25, -0.2) is 0 Å². The molecule has 0 radical (unpaired) electrons. The second kappa shape index (κ2) is 6.67. The summed E-state index contributed by atoms with van der Waals surface area (Å²) in [6.45, 7) is 2.69. The fourth-order valence-corrected chi connectivity index (χ4v) is 2.66. The third-order valence-corrected chi connectivity index (χ3v) is 3.82. The van der Waals surface area contributed by atoms with E-state index >= 15 is 0 Å². The monoisotopic (exact) mass is 292 g/mol. The first-order valence-corrected chi connectivity index (χ1v) is 7.21. The third-order valence-electron chi connectivity index (χ3n) is 3.82. The molecule has 0 spiro atoms. The zero-order chi connectivity index (χ0) is 15.4. The van der Waals surface area contributed by atoms with Gasteiger partial charge < -0.3 is 5.11 Å². The van der Waals surface area contributed by atoms with Crippen LogP contribution in [0.25, 0.3) is 0 Å². The van der Waals surface area contributed by atoms with Gasteiger partial charge in [-0.05, 0) is 30.7 Å². The molecule has 1 saturated carbocycles. The quantitative estimate of drug-likeness (QED) is 0.588. The van der Waals surface area contributed by atoms with Gasteiger partial charge in [0, 0.05) is 24.7 Å². The normalized spacial score (nSPS) is 15.9. The van der Waals surface area contributed by atoms with E-state index in [4.69, 9.17) is 5.11 Å². The molecule has 0 aliphatic heterocycles. The number of carboxylic acids is 1. The predicted molar refractivity (Wildman–Crippen MR) is 78.1 cm³/mol. The van der Waals surface area contributed by atoms with Crippen molar-refractivity contribution < 1.29 is 14.8 Å². The van der Waals surface area contributed by atoms with E-state index in [1.807, 2.05) is 17.9 Å². The Bertz CT molecular complexity index is 528. The number of nitrogens with zero attached hydrogens (tertiary/aromatic N) is 2. The van der Waals surface area contributed by atoms with Crippen molar-refractivity contribution in [2.24, 2.45) is 5.92 Å². The highest BCUT2D eigenvalue weighted by Crippen LogP contribution is 2.34. The van der Waals surface area contributed by atoms with Crippen LogP contribution in [0.2, 0.25) is 0 Å². The molecule has 6 nitrogen and oxygen atoms in total. The average molecular weight is 292 g/mol. The molecule has 1 N–H and O–H groups in total. The zero-order valence-corrected chi connectivity index (χ0v) is 12.1. The van der Waals surface area contributed by atoms with E-state index in [0.29, 0.717) is 5.92 Å². The number of carboxylic acid groups (broad SMARTS) is 1. The average Bonchev–Trinajstić information content (AvgIpc) is 3.23. The lowest BCUT2D eigenvalue weighted by Crippen LogP contribution is -2.35. The van der Waals surface area contributed by atoms with Crippen LogP contribution < -0.4 is 0 Å². The largest absolute Gasteiger partial charge is 0.480 e. The van der Waals surface area contributed by atoms with Crippen LogP contribution in [0.4, 0.5) is 5.69 Å². The van der Waals surface area contributed by atoms with Crippen LogP contribution in [0.15, 0.2) is 24.3 Å². The summed E-state index contributed by atoms with van der Waals surface area (Å²) in [5.74, 6) is -0.295. The Morgan fingerprint density at radius 1 is 1.52 bits per heavy atom. The molecule has 2 rings (SSSR count). The Balaban J connectivity index is 2.23. The molecular formula is C15H20N2O4. The van der Waals surface area contributed by atoms with Gasteiger partial charge in [-0.2, -0.15) is 0 Å². The van der Waals surface area contributed by atoms with Gasteiger partial charge in [0.1, 0.15) is 0 Å². The van der Waals surface area contributed by atoms with Crippen molar-refractivity contribution >= 4 is 11.7 Å². The molecule has 1 atom stereocenters. The molecule has 0 heterocycles. The van der Waals surface area contributed by atoms with Crippen LogP contribution in [0.5, 0.6) is 0 Å². The Kier molecular flexibility index (Phi) is 4.90. The Hall–Kier alpha value is -1.95. The fraction of sp³-hybridized carbons (Fsp3) is 0.533. The molecule has 6 heteroatoms. The molecule has 1 aromatic rings. The van der Waals surface area contributed by atoms with Crippen molar-refractivity contribution in [3.8, 4) is 0 Å². The second-order valence-electron chi connectivity index (χ2n) is 5.54. The van der Waals surface area contributed by atoms with E-state index in [9.17, 15) is 14.9 Å². The van der Waals surface area contributed by atoms with Crippen molar-refractivity contribution in [3.05, 3.63) is 39.9 Å². The van der Waals surface area contributed by atoms with Gasteiger partial charge in [0.05, 0.1) is 11.5 Å². The molecule has 21 heavy (non-hydrogen) atoms. The molecule has 1 aromatic carbocycles. The SMILES string of the molecule is CCC(c1cccc([N+](=O)[O-])c1)N(CC(=O)O)CC1CC1. The van der Waals surface area contributed by atoms with Gasteiger partial charge in [0.25, 0.3) is 5.69 Å². The van der Waals surface area contributed by atoms with E-state index in [0.717, 1.165) is 31.4 Å². The number of nitro groups is 1. The lowest BCUT2D eigenvalue weighted by molar-refractivity contribution is -0.385. The first-order valence-electron chi connectivity index (χ1n) is 7.21. The van der Waals surface area contributed by atoms with Crippen LogP contribution in [0, 0.1) is 16.0 Å². The molecule has 0 saturated heterocycles. The van der Waals surface area contributed by atoms with Crippen LogP contribution in [-0.4, -0.2) is 34.0 Å². The van der Waals surface area contributed by atoms with E-state index < -0.39 is 10.9 Å². The maximum Gasteiger partial charge on any atom is 0.317 e. The molecule has 1 fully saturated rings. The molecule has 114 valence electrons. The van der Waals surface area contributed by atoms with Gasteiger partial charge in [-0.3, -0.25) is 19.8 Å². The molecular weight excluding hydrogens is 272 g/mol. The van der Waals surface area contributed by atoms with Crippen molar-refractivity contribution in [3.63, 3.8) is 0 Å². The van der Waals surface area contributed by atoms with Gasteiger partial charge in [-0.1, -0.05) is 19.1 Å². The van der Waals surface area contributed by atoms with Crippen molar-refractivity contribution in [2.45, 2.75) is 32.2 Å². The Morgan fingerprint density at radius 2 is 2.24 bits per heavy atom. The maximum atomic E-state index is 11.1. The maximum absolute atomic E-state index is 11.1. The molecule has 0 bridgehead atoms. The topological polar surface area (TPSA) is 83.7 Å². The first kappa shape index (κ1) is 15.4.